The van der Waals surface area contributed by atoms with Gasteiger partial charge in [-0.15, -0.1) is 0 Å². The summed E-state index contributed by atoms with van der Waals surface area (Å²) in [7, 11) is 2.14. The lowest BCUT2D eigenvalue weighted by molar-refractivity contribution is 0.0720. The summed E-state index contributed by atoms with van der Waals surface area (Å²) in [6.45, 7) is 4.01. The first kappa shape index (κ1) is 25.2. The maximum atomic E-state index is 16.0. The highest BCUT2D eigenvalue weighted by molar-refractivity contribution is 6.00. The number of phenolic OH excluding ortho intramolecular Hbond substituents is 1. The van der Waals surface area contributed by atoms with Gasteiger partial charge in [0.1, 0.15) is 29.3 Å². The van der Waals surface area contributed by atoms with E-state index in [2.05, 4.69) is 34.0 Å². The van der Waals surface area contributed by atoms with Crippen molar-refractivity contribution in [2.45, 2.75) is 38.3 Å². The summed E-state index contributed by atoms with van der Waals surface area (Å²) in [5, 5.41) is 10.6. The number of hydrogen-bond donors (Lipinski definition) is 2. The fourth-order valence-corrected chi connectivity index (χ4v) is 5.87. The van der Waals surface area contributed by atoms with Crippen molar-refractivity contribution in [2.24, 2.45) is 0 Å². The van der Waals surface area contributed by atoms with Crippen molar-refractivity contribution in [1.82, 2.24) is 19.8 Å². The highest BCUT2D eigenvalue weighted by Gasteiger charge is 2.39. The van der Waals surface area contributed by atoms with Crippen LogP contribution >= 0.6 is 0 Å². The number of nitrogens with one attached hydrogen (secondary N) is 1. The average Bonchev–Trinajstić information content (AvgIpc) is 3.50. The number of rotatable bonds is 5. The van der Waals surface area contributed by atoms with E-state index < -0.39 is 23.6 Å². The number of aryl methyl sites for hydroxylation is 1. The second kappa shape index (κ2) is 9.93. The number of fused-ring (bicyclic) bond motifs is 1. The van der Waals surface area contributed by atoms with Crippen LogP contribution in [-0.2, 0) is 6.54 Å². The van der Waals surface area contributed by atoms with Crippen LogP contribution in [-0.4, -0.2) is 50.9 Å². The van der Waals surface area contributed by atoms with Crippen LogP contribution in [0.5, 0.6) is 5.75 Å². The highest BCUT2D eigenvalue weighted by Crippen LogP contribution is 2.41. The number of hydrogen-bond acceptors (Lipinski definition) is 4. The molecule has 1 saturated heterocycles. The normalized spacial score (nSPS) is 17.0. The Kier molecular flexibility index (Phi) is 6.43. The molecular formula is C31H30F2N4O2. The Morgan fingerprint density at radius 1 is 1.05 bits per heavy atom. The predicted molar refractivity (Wildman–Crippen MR) is 144 cm³/mol. The molecule has 1 atom stereocenters. The van der Waals surface area contributed by atoms with Crippen LogP contribution in [0, 0.1) is 18.6 Å². The van der Waals surface area contributed by atoms with Crippen LogP contribution in [0.2, 0.25) is 0 Å². The van der Waals surface area contributed by atoms with Gasteiger partial charge in [-0.05, 0) is 80.7 Å². The van der Waals surface area contributed by atoms with Crippen LogP contribution in [0.15, 0.2) is 60.8 Å². The number of phenols is 1. The molecule has 0 radical (unpaired) electrons. The van der Waals surface area contributed by atoms with Crippen molar-refractivity contribution < 1.29 is 18.7 Å². The molecule has 1 aromatic heterocycles. The monoisotopic (exact) mass is 528 g/mol. The molecule has 2 aliphatic heterocycles. The average molecular weight is 529 g/mol. The predicted octanol–water partition coefficient (Wildman–Crippen LogP) is 5.92. The van der Waals surface area contributed by atoms with Gasteiger partial charge in [0, 0.05) is 23.9 Å². The molecule has 39 heavy (non-hydrogen) atoms. The molecule has 6 nitrogen and oxygen atoms in total. The van der Waals surface area contributed by atoms with Gasteiger partial charge in [0.05, 0.1) is 11.3 Å². The van der Waals surface area contributed by atoms with E-state index in [1.165, 1.54) is 22.6 Å². The van der Waals surface area contributed by atoms with Crippen LogP contribution in [0.3, 0.4) is 0 Å². The molecule has 8 heteroatoms. The number of H-pyrrole nitrogens is 1. The number of amides is 1. The van der Waals surface area contributed by atoms with Gasteiger partial charge in [-0.25, -0.2) is 13.8 Å². The molecule has 0 bridgehead atoms. The van der Waals surface area contributed by atoms with E-state index in [0.717, 1.165) is 32.0 Å². The SMILES string of the molecule is Cc1c[nH]c([C@@H](c2cc(F)ccc2O)N2Cc3ccc(-c4ccc(C5CCN(C)CC5)cc4)c(F)c3C2=O)n1. The minimum Gasteiger partial charge on any atom is -0.508 e. The quantitative estimate of drug-likeness (QED) is 0.337. The number of aromatic nitrogens is 2. The van der Waals surface area contributed by atoms with E-state index in [9.17, 15) is 14.3 Å². The number of aromatic hydroxyl groups is 1. The molecule has 2 aliphatic rings. The summed E-state index contributed by atoms with van der Waals surface area (Å²) in [5.74, 6) is -0.987. The molecular weight excluding hydrogens is 498 g/mol. The lowest BCUT2D eigenvalue weighted by Gasteiger charge is -2.29. The summed E-state index contributed by atoms with van der Waals surface area (Å²) >= 11 is 0. The fraction of sp³-hybridized carbons (Fsp3) is 0.290. The van der Waals surface area contributed by atoms with Gasteiger partial charge in [0.2, 0.25) is 0 Å². The van der Waals surface area contributed by atoms with Crippen molar-refractivity contribution in [3.05, 3.63) is 106 Å². The van der Waals surface area contributed by atoms with Crippen LogP contribution in [0.25, 0.3) is 11.1 Å². The topological polar surface area (TPSA) is 72.5 Å². The number of carbonyl (C=O) groups excluding carboxylic acids is 1. The summed E-state index contributed by atoms with van der Waals surface area (Å²) in [4.78, 5) is 25.0. The summed E-state index contributed by atoms with van der Waals surface area (Å²) in [5.41, 5.74) is 3.70. The second-order valence-corrected chi connectivity index (χ2v) is 10.6. The minimum absolute atomic E-state index is 0.00364. The van der Waals surface area contributed by atoms with Crippen molar-refractivity contribution in [3.8, 4) is 16.9 Å². The van der Waals surface area contributed by atoms with Gasteiger partial charge >= 0.3 is 0 Å². The zero-order chi connectivity index (χ0) is 27.3. The Morgan fingerprint density at radius 2 is 1.79 bits per heavy atom. The van der Waals surface area contributed by atoms with E-state index in [1.54, 1.807) is 25.3 Å². The Bertz CT molecular complexity index is 1540. The van der Waals surface area contributed by atoms with Crippen molar-refractivity contribution in [1.29, 1.82) is 0 Å². The standard InChI is InChI=1S/C31H30F2N4O2/c1-18-16-34-30(35-18)29(25-15-23(32)8-10-26(25)38)37-17-22-7-9-24(28(33)27(22)31(37)39)21-5-3-19(4-6-21)20-11-13-36(2)14-12-20/h3-10,15-16,20,29,38H,11-14,17H2,1-2H3,(H,34,35)/t29-/m1/s1. The Hall–Kier alpha value is -4.04. The summed E-state index contributed by atoms with van der Waals surface area (Å²) in [6, 6.07) is 14.1. The lowest BCUT2D eigenvalue weighted by atomic mass is 9.88. The van der Waals surface area contributed by atoms with Crippen molar-refractivity contribution in [2.75, 3.05) is 20.1 Å². The third-order valence-electron chi connectivity index (χ3n) is 8.04. The zero-order valence-electron chi connectivity index (χ0n) is 21.9. The number of benzene rings is 3. The number of nitrogens with zero attached hydrogens (tertiary/aromatic N) is 3. The van der Waals surface area contributed by atoms with Crippen LogP contribution in [0.4, 0.5) is 8.78 Å². The number of aromatic amines is 1. The number of carbonyl (C=O) groups is 1. The Balaban J connectivity index is 1.34. The first-order chi connectivity index (χ1) is 18.8. The molecule has 1 fully saturated rings. The van der Waals surface area contributed by atoms with Gasteiger partial charge in [-0.2, -0.15) is 0 Å². The number of piperidine rings is 1. The number of halogens is 2. The summed E-state index contributed by atoms with van der Waals surface area (Å²) < 4.78 is 30.2. The zero-order valence-corrected chi connectivity index (χ0v) is 21.9. The van der Waals surface area contributed by atoms with E-state index >= 15 is 4.39 Å². The van der Waals surface area contributed by atoms with E-state index in [4.69, 9.17) is 0 Å². The van der Waals surface area contributed by atoms with Gasteiger partial charge in [0.15, 0.2) is 0 Å². The van der Waals surface area contributed by atoms with E-state index in [-0.39, 0.29) is 23.4 Å². The molecule has 3 heterocycles. The molecule has 6 rings (SSSR count). The lowest BCUT2D eigenvalue weighted by Crippen LogP contribution is -2.31. The molecule has 1 amide bonds. The molecule has 0 saturated carbocycles. The van der Waals surface area contributed by atoms with Gasteiger partial charge < -0.3 is 19.9 Å². The van der Waals surface area contributed by atoms with Gasteiger partial charge in [-0.1, -0.05) is 36.4 Å². The molecule has 200 valence electrons. The second-order valence-electron chi connectivity index (χ2n) is 10.6. The first-order valence-corrected chi connectivity index (χ1v) is 13.2. The highest BCUT2D eigenvalue weighted by atomic mass is 19.1. The largest absolute Gasteiger partial charge is 0.508 e. The fourth-order valence-electron chi connectivity index (χ4n) is 5.87. The van der Waals surface area contributed by atoms with Crippen LogP contribution in [0.1, 0.15) is 63.4 Å². The van der Waals surface area contributed by atoms with Gasteiger partial charge in [-0.3, -0.25) is 4.79 Å². The maximum Gasteiger partial charge on any atom is 0.258 e. The Morgan fingerprint density at radius 3 is 2.49 bits per heavy atom. The van der Waals surface area contributed by atoms with Gasteiger partial charge in [0.25, 0.3) is 5.91 Å². The Labute approximate surface area is 225 Å². The van der Waals surface area contributed by atoms with Crippen molar-refractivity contribution in [3.63, 3.8) is 0 Å². The molecule has 2 N–H and O–H groups in total. The summed E-state index contributed by atoms with van der Waals surface area (Å²) in [6.07, 6.45) is 3.87. The third kappa shape index (κ3) is 4.59. The van der Waals surface area contributed by atoms with E-state index in [1.807, 2.05) is 12.1 Å². The molecule has 4 aromatic rings. The van der Waals surface area contributed by atoms with E-state index in [0.29, 0.717) is 34.1 Å². The molecule has 0 unspecified atom stereocenters. The molecule has 3 aromatic carbocycles. The number of likely N-dealkylation sites (tertiary alicyclic amines) is 1. The third-order valence-corrected chi connectivity index (χ3v) is 8.04. The first-order valence-electron chi connectivity index (χ1n) is 13.2. The van der Waals surface area contributed by atoms with Crippen LogP contribution < -0.4 is 0 Å². The van der Waals surface area contributed by atoms with Crippen molar-refractivity contribution >= 4 is 5.91 Å². The smallest absolute Gasteiger partial charge is 0.258 e. The number of imidazole rings is 1. The minimum atomic E-state index is -0.925. The molecule has 0 spiro atoms. The maximum absolute atomic E-state index is 16.0. The molecule has 0 aliphatic carbocycles.